The number of hydrogen-bond donors (Lipinski definition) is 0. The van der Waals surface area contributed by atoms with Gasteiger partial charge in [-0.2, -0.15) is 5.26 Å². The summed E-state index contributed by atoms with van der Waals surface area (Å²) in [5.74, 6) is 0. The molecule has 0 aromatic carbocycles. The van der Waals surface area contributed by atoms with Crippen molar-refractivity contribution in [2.75, 3.05) is 0 Å². The smallest absolute Gasteiger partial charge is 0.123 e. The van der Waals surface area contributed by atoms with Gasteiger partial charge in [0.25, 0.3) is 0 Å². The van der Waals surface area contributed by atoms with Crippen LogP contribution >= 0.6 is 0 Å². The van der Waals surface area contributed by atoms with E-state index in [0.29, 0.717) is 12.0 Å². The SMILES string of the molecule is N#Cc1ccc(C=CCC=O)nc1. The number of nitrogens with zero attached hydrogens (tertiary/aromatic N) is 2. The minimum atomic E-state index is 0.391. The van der Waals surface area contributed by atoms with Gasteiger partial charge < -0.3 is 4.79 Å². The standard InChI is InChI=1S/C10H8N2O/c11-7-9-4-5-10(12-8-9)3-1-2-6-13/h1,3-6,8H,2H2. The number of hydrogen-bond acceptors (Lipinski definition) is 3. The second-order valence-corrected chi connectivity index (χ2v) is 2.39. The van der Waals surface area contributed by atoms with Crippen LogP contribution in [0.15, 0.2) is 24.4 Å². The van der Waals surface area contributed by atoms with Crippen molar-refractivity contribution in [3.63, 3.8) is 0 Å². The third kappa shape index (κ3) is 2.88. The molecule has 64 valence electrons. The Morgan fingerprint density at radius 3 is 2.92 bits per heavy atom. The van der Waals surface area contributed by atoms with Crippen molar-refractivity contribution in [1.82, 2.24) is 4.98 Å². The first-order valence-corrected chi connectivity index (χ1v) is 3.83. The van der Waals surface area contributed by atoms with E-state index in [-0.39, 0.29) is 0 Å². The second-order valence-electron chi connectivity index (χ2n) is 2.39. The monoisotopic (exact) mass is 172 g/mol. The number of carbonyl (C=O) groups is 1. The van der Waals surface area contributed by atoms with E-state index in [1.165, 1.54) is 6.20 Å². The molecule has 3 heteroatoms. The van der Waals surface area contributed by atoms with Crippen LogP contribution in [0, 0.1) is 11.3 Å². The fraction of sp³-hybridized carbons (Fsp3) is 0.100. The van der Waals surface area contributed by atoms with Gasteiger partial charge in [0.05, 0.1) is 11.3 Å². The van der Waals surface area contributed by atoms with Crippen LogP contribution in [-0.2, 0) is 4.79 Å². The third-order valence-corrected chi connectivity index (χ3v) is 1.44. The first-order valence-electron chi connectivity index (χ1n) is 3.83. The van der Waals surface area contributed by atoms with Crippen LogP contribution in [0.5, 0.6) is 0 Å². The molecule has 1 rings (SSSR count). The second kappa shape index (κ2) is 4.83. The normalized spacial score (nSPS) is 9.77. The molecule has 0 atom stereocenters. The molecule has 1 aromatic rings. The zero-order valence-electron chi connectivity index (χ0n) is 6.97. The van der Waals surface area contributed by atoms with E-state index in [1.807, 2.05) is 6.07 Å². The maximum Gasteiger partial charge on any atom is 0.123 e. The van der Waals surface area contributed by atoms with E-state index in [1.54, 1.807) is 24.3 Å². The maximum atomic E-state index is 9.98. The Balaban J connectivity index is 2.70. The first-order chi connectivity index (χ1) is 6.36. The third-order valence-electron chi connectivity index (χ3n) is 1.44. The largest absolute Gasteiger partial charge is 0.303 e. The van der Waals surface area contributed by atoms with Gasteiger partial charge >= 0.3 is 0 Å². The number of aldehydes is 1. The molecule has 3 nitrogen and oxygen atoms in total. The summed E-state index contributed by atoms with van der Waals surface area (Å²) in [7, 11) is 0. The Hall–Kier alpha value is -1.95. The Bertz CT molecular complexity index is 346. The number of pyridine rings is 1. The molecule has 0 unspecified atom stereocenters. The fourth-order valence-electron chi connectivity index (χ4n) is 0.814. The molecule has 1 aromatic heterocycles. The average molecular weight is 172 g/mol. The highest BCUT2D eigenvalue weighted by Crippen LogP contribution is 2.00. The highest BCUT2D eigenvalue weighted by Gasteiger charge is 1.89. The topological polar surface area (TPSA) is 53.8 Å². The molecular weight excluding hydrogens is 164 g/mol. The molecule has 0 saturated heterocycles. The zero-order chi connectivity index (χ0) is 9.52. The van der Waals surface area contributed by atoms with Gasteiger partial charge in [-0.25, -0.2) is 0 Å². The summed E-state index contributed by atoms with van der Waals surface area (Å²) in [6.45, 7) is 0. The van der Waals surface area contributed by atoms with Gasteiger partial charge in [-0.1, -0.05) is 6.08 Å². The quantitative estimate of drug-likeness (QED) is 0.650. The van der Waals surface area contributed by atoms with Crippen LogP contribution in [0.3, 0.4) is 0 Å². The molecule has 0 radical (unpaired) electrons. The Morgan fingerprint density at radius 2 is 2.38 bits per heavy atom. The highest BCUT2D eigenvalue weighted by atomic mass is 16.1. The molecule has 1 heterocycles. The minimum absolute atomic E-state index is 0.391. The lowest BCUT2D eigenvalue weighted by atomic mass is 10.2. The van der Waals surface area contributed by atoms with Gasteiger partial charge in [-0.3, -0.25) is 4.98 Å². The van der Waals surface area contributed by atoms with Gasteiger partial charge in [0.2, 0.25) is 0 Å². The van der Waals surface area contributed by atoms with Crippen molar-refractivity contribution in [2.45, 2.75) is 6.42 Å². The van der Waals surface area contributed by atoms with Crippen LogP contribution in [0.2, 0.25) is 0 Å². The number of nitriles is 1. The predicted octanol–water partition coefficient (Wildman–Crippen LogP) is 1.56. The summed E-state index contributed by atoms with van der Waals surface area (Å²) >= 11 is 0. The first kappa shape index (κ1) is 9.14. The Morgan fingerprint density at radius 1 is 1.54 bits per heavy atom. The molecule has 0 aliphatic rings. The van der Waals surface area contributed by atoms with Gasteiger partial charge in [-0.15, -0.1) is 0 Å². The molecule has 13 heavy (non-hydrogen) atoms. The van der Waals surface area contributed by atoms with Crippen LogP contribution in [0.1, 0.15) is 17.7 Å². The molecule has 0 bridgehead atoms. The summed E-state index contributed by atoms with van der Waals surface area (Å²) in [5.41, 5.74) is 1.29. The van der Waals surface area contributed by atoms with Crippen LogP contribution < -0.4 is 0 Å². The number of allylic oxidation sites excluding steroid dienone is 1. The van der Waals surface area contributed by atoms with E-state index < -0.39 is 0 Å². The summed E-state index contributed by atoms with van der Waals surface area (Å²) in [6, 6.07) is 5.40. The average Bonchev–Trinajstić information content (AvgIpc) is 2.19. The molecule has 0 saturated carbocycles. The van der Waals surface area contributed by atoms with Gasteiger partial charge in [0.15, 0.2) is 0 Å². The van der Waals surface area contributed by atoms with E-state index >= 15 is 0 Å². The predicted molar refractivity (Wildman–Crippen MR) is 48.7 cm³/mol. The molecule has 0 fully saturated rings. The van der Waals surface area contributed by atoms with Crippen LogP contribution in [0.25, 0.3) is 6.08 Å². The van der Waals surface area contributed by atoms with E-state index in [0.717, 1.165) is 12.0 Å². The van der Waals surface area contributed by atoms with Crippen molar-refractivity contribution >= 4 is 12.4 Å². The lowest BCUT2D eigenvalue weighted by molar-refractivity contribution is -0.107. The maximum absolute atomic E-state index is 9.98. The summed E-state index contributed by atoms with van der Waals surface area (Å²) in [5, 5.41) is 8.49. The zero-order valence-corrected chi connectivity index (χ0v) is 6.97. The lowest BCUT2D eigenvalue weighted by Crippen LogP contribution is -1.81. The molecule has 0 aliphatic carbocycles. The molecular formula is C10H8N2O. The fourth-order valence-corrected chi connectivity index (χ4v) is 0.814. The van der Waals surface area contributed by atoms with Crippen molar-refractivity contribution in [2.24, 2.45) is 0 Å². The Kier molecular flexibility index (Phi) is 3.40. The van der Waals surface area contributed by atoms with Gasteiger partial charge in [0.1, 0.15) is 12.4 Å². The highest BCUT2D eigenvalue weighted by molar-refractivity contribution is 5.56. The summed E-state index contributed by atoms with van der Waals surface area (Å²) in [6.07, 6.45) is 6.18. The van der Waals surface area contributed by atoms with Crippen molar-refractivity contribution in [3.05, 3.63) is 35.7 Å². The van der Waals surface area contributed by atoms with Crippen molar-refractivity contribution in [3.8, 4) is 6.07 Å². The Labute approximate surface area is 76.3 Å². The van der Waals surface area contributed by atoms with Gasteiger partial charge in [-0.05, 0) is 18.2 Å². The van der Waals surface area contributed by atoms with Gasteiger partial charge in [0, 0.05) is 12.6 Å². The van der Waals surface area contributed by atoms with Crippen LogP contribution in [0.4, 0.5) is 0 Å². The summed E-state index contributed by atoms with van der Waals surface area (Å²) < 4.78 is 0. The minimum Gasteiger partial charge on any atom is -0.303 e. The molecule has 0 spiro atoms. The number of carbonyl (C=O) groups excluding carboxylic acids is 1. The van der Waals surface area contributed by atoms with E-state index in [9.17, 15) is 4.79 Å². The van der Waals surface area contributed by atoms with E-state index in [2.05, 4.69) is 4.98 Å². The van der Waals surface area contributed by atoms with Crippen LogP contribution in [-0.4, -0.2) is 11.3 Å². The molecule has 0 amide bonds. The van der Waals surface area contributed by atoms with E-state index in [4.69, 9.17) is 5.26 Å². The number of rotatable bonds is 3. The number of aromatic nitrogens is 1. The van der Waals surface area contributed by atoms with Crippen molar-refractivity contribution < 1.29 is 4.79 Å². The molecule has 0 N–H and O–H groups in total. The van der Waals surface area contributed by atoms with Crippen molar-refractivity contribution in [1.29, 1.82) is 5.26 Å². The molecule has 0 aliphatic heterocycles. The lowest BCUT2D eigenvalue weighted by Gasteiger charge is -1.90. The summed E-state index contributed by atoms with van der Waals surface area (Å²) in [4.78, 5) is 14.0.